The van der Waals surface area contributed by atoms with Gasteiger partial charge in [0.15, 0.2) is 5.13 Å². The first-order valence-corrected chi connectivity index (χ1v) is 7.05. The highest BCUT2D eigenvalue weighted by molar-refractivity contribution is 7.19. The highest BCUT2D eigenvalue weighted by Gasteiger charge is 2.15. The topological polar surface area (TPSA) is 38.9 Å². The van der Waals surface area contributed by atoms with E-state index in [1.165, 1.54) is 23.5 Å². The van der Waals surface area contributed by atoms with Crippen LogP contribution < -0.4 is 5.73 Å². The maximum Gasteiger partial charge on any atom is 0.181 e. The number of aromatic nitrogens is 1. The van der Waals surface area contributed by atoms with Gasteiger partial charge in [-0.3, -0.25) is 0 Å². The highest BCUT2D eigenvalue weighted by atomic mass is 32.1. The largest absolute Gasteiger partial charge is 0.375 e. The van der Waals surface area contributed by atoms with E-state index in [0.29, 0.717) is 5.13 Å². The summed E-state index contributed by atoms with van der Waals surface area (Å²) < 4.78 is 13.4. The number of nitrogens with zero attached hydrogens (tertiary/aromatic N) is 1. The molecule has 0 saturated heterocycles. The quantitative estimate of drug-likeness (QED) is 0.752. The van der Waals surface area contributed by atoms with E-state index in [4.69, 9.17) is 5.73 Å². The average Bonchev–Trinajstić information content (AvgIpc) is 2.81. The summed E-state index contributed by atoms with van der Waals surface area (Å²) in [5.74, 6) is -0.259. The molecule has 0 spiro atoms. The lowest BCUT2D eigenvalue weighted by atomic mass is 10.0. The summed E-state index contributed by atoms with van der Waals surface area (Å²) >= 11 is 1.38. The van der Waals surface area contributed by atoms with Crippen LogP contribution in [0, 0.1) is 12.7 Å². The Labute approximate surface area is 120 Å². The van der Waals surface area contributed by atoms with Gasteiger partial charge in [0.05, 0.1) is 10.6 Å². The van der Waals surface area contributed by atoms with Crippen molar-refractivity contribution < 1.29 is 4.39 Å². The molecule has 0 amide bonds. The normalized spacial score (nSPS) is 10.7. The summed E-state index contributed by atoms with van der Waals surface area (Å²) in [6.07, 6.45) is 0. The molecule has 0 atom stereocenters. The van der Waals surface area contributed by atoms with Gasteiger partial charge in [0.1, 0.15) is 5.82 Å². The van der Waals surface area contributed by atoms with Crippen LogP contribution in [0.5, 0.6) is 0 Å². The molecule has 2 N–H and O–H groups in total. The van der Waals surface area contributed by atoms with E-state index in [-0.39, 0.29) is 5.82 Å². The van der Waals surface area contributed by atoms with Gasteiger partial charge in [0.25, 0.3) is 0 Å². The van der Waals surface area contributed by atoms with Gasteiger partial charge in [-0.25, -0.2) is 9.37 Å². The minimum atomic E-state index is -0.259. The summed E-state index contributed by atoms with van der Waals surface area (Å²) in [5, 5.41) is 0.488. The fourth-order valence-corrected chi connectivity index (χ4v) is 3.03. The number of benzene rings is 2. The lowest BCUT2D eigenvalue weighted by molar-refractivity contribution is 0.628. The smallest absolute Gasteiger partial charge is 0.181 e. The number of rotatable bonds is 2. The fraction of sp³-hybridized carbons (Fsp3) is 0.0625. The van der Waals surface area contributed by atoms with Gasteiger partial charge in [0.2, 0.25) is 0 Å². The average molecular weight is 284 g/mol. The van der Waals surface area contributed by atoms with Crippen molar-refractivity contribution in [2.75, 3.05) is 5.73 Å². The minimum Gasteiger partial charge on any atom is -0.375 e. The zero-order chi connectivity index (χ0) is 14.1. The van der Waals surface area contributed by atoms with E-state index < -0.39 is 0 Å². The van der Waals surface area contributed by atoms with Crippen LogP contribution in [-0.4, -0.2) is 4.98 Å². The maximum atomic E-state index is 13.4. The minimum absolute atomic E-state index is 0.259. The van der Waals surface area contributed by atoms with Gasteiger partial charge in [-0.2, -0.15) is 0 Å². The number of hydrogen-bond donors (Lipinski definition) is 1. The third-order valence-corrected chi connectivity index (χ3v) is 4.06. The molecule has 100 valence electrons. The molecule has 0 saturated carbocycles. The Morgan fingerprint density at radius 2 is 1.90 bits per heavy atom. The number of thiazole rings is 1. The molecule has 0 aliphatic rings. The van der Waals surface area contributed by atoms with E-state index in [0.717, 1.165) is 27.3 Å². The second kappa shape index (κ2) is 5.06. The Bertz CT molecular complexity index is 765. The van der Waals surface area contributed by atoms with E-state index in [1.807, 2.05) is 37.3 Å². The van der Waals surface area contributed by atoms with Gasteiger partial charge in [-0.05, 0) is 30.2 Å². The second-order valence-corrected chi connectivity index (χ2v) is 5.59. The van der Waals surface area contributed by atoms with E-state index in [9.17, 15) is 4.39 Å². The van der Waals surface area contributed by atoms with Crippen LogP contribution in [0.3, 0.4) is 0 Å². The second-order valence-electron chi connectivity index (χ2n) is 4.56. The van der Waals surface area contributed by atoms with Crippen LogP contribution >= 0.6 is 11.3 Å². The molecule has 2 nitrogen and oxygen atoms in total. The number of anilines is 1. The van der Waals surface area contributed by atoms with Crippen molar-refractivity contribution in [2.24, 2.45) is 0 Å². The van der Waals surface area contributed by atoms with Gasteiger partial charge in [0, 0.05) is 5.56 Å². The first kappa shape index (κ1) is 12.8. The zero-order valence-corrected chi connectivity index (χ0v) is 11.7. The summed E-state index contributed by atoms with van der Waals surface area (Å²) in [6.45, 7) is 2.03. The van der Waals surface area contributed by atoms with Gasteiger partial charge in [-0.15, -0.1) is 0 Å². The van der Waals surface area contributed by atoms with Gasteiger partial charge >= 0.3 is 0 Å². The monoisotopic (exact) mass is 284 g/mol. The predicted octanol–water partition coefficient (Wildman–Crippen LogP) is 4.51. The Hall–Kier alpha value is -2.20. The first-order valence-electron chi connectivity index (χ1n) is 6.23. The third kappa shape index (κ3) is 2.30. The number of nitrogen functional groups attached to an aromatic ring is 1. The molecule has 20 heavy (non-hydrogen) atoms. The molecule has 0 bridgehead atoms. The van der Waals surface area contributed by atoms with E-state index in [1.54, 1.807) is 6.07 Å². The van der Waals surface area contributed by atoms with Crippen LogP contribution in [-0.2, 0) is 0 Å². The number of nitrogens with two attached hydrogens (primary N) is 1. The Morgan fingerprint density at radius 3 is 2.65 bits per heavy atom. The van der Waals surface area contributed by atoms with Crippen LogP contribution in [0.15, 0.2) is 48.5 Å². The molecule has 0 unspecified atom stereocenters. The molecule has 2 aromatic carbocycles. The Kier molecular flexibility index (Phi) is 3.24. The standard InChI is InChI=1S/C16H13FN2S/c1-10-5-2-3-8-13(10)14-15(20-16(18)19-14)11-6-4-7-12(17)9-11/h2-9H,1H3,(H2,18,19). The van der Waals surface area contributed by atoms with Crippen molar-refractivity contribution in [3.8, 4) is 21.7 Å². The third-order valence-electron chi connectivity index (χ3n) is 3.13. The molecular formula is C16H13FN2S. The van der Waals surface area contributed by atoms with Crippen LogP contribution in [0.1, 0.15) is 5.56 Å². The van der Waals surface area contributed by atoms with Gasteiger partial charge < -0.3 is 5.73 Å². The van der Waals surface area contributed by atoms with Crippen molar-refractivity contribution in [2.45, 2.75) is 6.92 Å². The number of hydrogen-bond acceptors (Lipinski definition) is 3. The Balaban J connectivity index is 2.21. The summed E-state index contributed by atoms with van der Waals surface area (Å²) in [7, 11) is 0. The molecule has 0 aliphatic heterocycles. The molecule has 3 rings (SSSR count). The molecule has 0 aliphatic carbocycles. The summed E-state index contributed by atoms with van der Waals surface area (Å²) in [5.41, 5.74) is 9.62. The van der Waals surface area contributed by atoms with Crippen LogP contribution in [0.25, 0.3) is 21.7 Å². The Morgan fingerprint density at radius 1 is 1.10 bits per heavy atom. The van der Waals surface area contributed by atoms with Crippen molar-refractivity contribution in [1.82, 2.24) is 4.98 Å². The van der Waals surface area contributed by atoms with Gasteiger partial charge in [-0.1, -0.05) is 47.7 Å². The van der Waals surface area contributed by atoms with Crippen LogP contribution in [0.2, 0.25) is 0 Å². The summed E-state index contributed by atoms with van der Waals surface area (Å²) in [4.78, 5) is 5.32. The van der Waals surface area contributed by atoms with Crippen molar-refractivity contribution in [3.63, 3.8) is 0 Å². The fourth-order valence-electron chi connectivity index (χ4n) is 2.18. The molecule has 0 fully saturated rings. The predicted molar refractivity (Wildman–Crippen MR) is 82.1 cm³/mol. The lowest BCUT2D eigenvalue weighted by Crippen LogP contribution is -1.87. The zero-order valence-electron chi connectivity index (χ0n) is 10.9. The van der Waals surface area contributed by atoms with Crippen LogP contribution in [0.4, 0.5) is 9.52 Å². The summed E-state index contributed by atoms with van der Waals surface area (Å²) in [6, 6.07) is 14.5. The van der Waals surface area contributed by atoms with Crippen molar-refractivity contribution in [3.05, 3.63) is 59.9 Å². The molecule has 1 aromatic heterocycles. The van der Waals surface area contributed by atoms with Crippen molar-refractivity contribution in [1.29, 1.82) is 0 Å². The van der Waals surface area contributed by atoms with E-state index in [2.05, 4.69) is 4.98 Å². The molecule has 4 heteroatoms. The molecule has 0 radical (unpaired) electrons. The number of aryl methyl sites for hydroxylation is 1. The first-order chi connectivity index (χ1) is 9.65. The maximum absolute atomic E-state index is 13.4. The van der Waals surface area contributed by atoms with E-state index >= 15 is 0 Å². The highest BCUT2D eigenvalue weighted by Crippen LogP contribution is 2.39. The lowest BCUT2D eigenvalue weighted by Gasteiger charge is -2.05. The van der Waals surface area contributed by atoms with Crippen molar-refractivity contribution >= 4 is 16.5 Å². The SMILES string of the molecule is Cc1ccccc1-c1nc(N)sc1-c1cccc(F)c1. The number of halogens is 1. The molecule has 1 heterocycles. The molecular weight excluding hydrogens is 271 g/mol. The molecule has 3 aromatic rings.